The smallest absolute Gasteiger partial charge is 0.0717 e. The number of rotatable bonds is 7. The van der Waals surface area contributed by atoms with Crippen LogP contribution in [0.1, 0.15) is 19.4 Å². The van der Waals surface area contributed by atoms with E-state index in [1.807, 2.05) is 44.2 Å². The molecule has 0 aromatic heterocycles. The van der Waals surface area contributed by atoms with Crippen LogP contribution in [0.15, 0.2) is 43.0 Å². The van der Waals surface area contributed by atoms with E-state index in [0.717, 1.165) is 5.56 Å². The molecule has 0 aliphatic carbocycles. The van der Waals surface area contributed by atoms with E-state index in [2.05, 4.69) is 6.58 Å². The summed E-state index contributed by atoms with van der Waals surface area (Å²) in [7, 11) is 0. The SMILES string of the molecule is C=C[C@@H](C)[C@@H](O)[C@@H](C)COCc1ccccc1. The van der Waals surface area contributed by atoms with E-state index >= 15 is 0 Å². The Morgan fingerprint density at radius 3 is 2.53 bits per heavy atom. The Labute approximate surface area is 104 Å². The first-order valence-electron chi connectivity index (χ1n) is 6.07. The van der Waals surface area contributed by atoms with Gasteiger partial charge in [0.25, 0.3) is 0 Å². The van der Waals surface area contributed by atoms with Gasteiger partial charge < -0.3 is 9.84 Å². The summed E-state index contributed by atoms with van der Waals surface area (Å²) in [5.41, 5.74) is 1.16. The molecule has 17 heavy (non-hydrogen) atoms. The molecule has 1 aromatic rings. The Bertz CT molecular complexity index is 321. The Morgan fingerprint density at radius 1 is 1.29 bits per heavy atom. The summed E-state index contributed by atoms with van der Waals surface area (Å²) < 4.78 is 5.60. The third-order valence-corrected chi connectivity index (χ3v) is 2.99. The quantitative estimate of drug-likeness (QED) is 0.735. The van der Waals surface area contributed by atoms with Gasteiger partial charge in [-0.15, -0.1) is 6.58 Å². The summed E-state index contributed by atoms with van der Waals surface area (Å²) in [5.74, 6) is 0.219. The standard InChI is InChI=1S/C15H22O2/c1-4-12(2)15(16)13(3)10-17-11-14-8-6-5-7-9-14/h4-9,12-13,15-16H,1,10-11H2,2-3H3/t12-,13+,15-/m1/s1. The van der Waals surface area contributed by atoms with E-state index in [1.54, 1.807) is 6.08 Å². The van der Waals surface area contributed by atoms with Gasteiger partial charge in [0.2, 0.25) is 0 Å². The zero-order chi connectivity index (χ0) is 12.7. The highest BCUT2D eigenvalue weighted by Gasteiger charge is 2.18. The van der Waals surface area contributed by atoms with Gasteiger partial charge in [-0.05, 0) is 5.56 Å². The number of aliphatic hydroxyl groups excluding tert-OH is 1. The molecule has 3 atom stereocenters. The highest BCUT2D eigenvalue weighted by atomic mass is 16.5. The van der Waals surface area contributed by atoms with Crippen LogP contribution in [0.4, 0.5) is 0 Å². The molecule has 0 aliphatic heterocycles. The first-order chi connectivity index (χ1) is 8.15. The maximum atomic E-state index is 9.93. The zero-order valence-electron chi connectivity index (χ0n) is 10.7. The second-order valence-electron chi connectivity index (χ2n) is 4.56. The van der Waals surface area contributed by atoms with Gasteiger partial charge in [-0.2, -0.15) is 0 Å². The zero-order valence-corrected chi connectivity index (χ0v) is 10.7. The van der Waals surface area contributed by atoms with Crippen molar-refractivity contribution < 1.29 is 9.84 Å². The summed E-state index contributed by atoms with van der Waals surface area (Å²) in [5, 5.41) is 9.93. The molecule has 2 nitrogen and oxygen atoms in total. The van der Waals surface area contributed by atoms with E-state index in [4.69, 9.17) is 4.74 Å². The number of benzene rings is 1. The van der Waals surface area contributed by atoms with Crippen molar-refractivity contribution in [3.63, 3.8) is 0 Å². The van der Waals surface area contributed by atoms with Crippen molar-refractivity contribution in [2.45, 2.75) is 26.6 Å². The van der Waals surface area contributed by atoms with Crippen molar-refractivity contribution >= 4 is 0 Å². The normalized spacial score (nSPS) is 16.2. The predicted molar refractivity (Wildman–Crippen MR) is 70.6 cm³/mol. The Kier molecular flexibility index (Phi) is 5.95. The van der Waals surface area contributed by atoms with Gasteiger partial charge in [-0.25, -0.2) is 0 Å². The molecule has 0 aliphatic rings. The monoisotopic (exact) mass is 234 g/mol. The highest BCUT2D eigenvalue weighted by Crippen LogP contribution is 2.14. The van der Waals surface area contributed by atoms with Gasteiger partial charge in [0, 0.05) is 11.8 Å². The lowest BCUT2D eigenvalue weighted by molar-refractivity contribution is 0.0134. The molecule has 0 heterocycles. The second kappa shape index (κ2) is 7.25. The first kappa shape index (κ1) is 13.9. The molecule has 0 spiro atoms. The summed E-state index contributed by atoms with van der Waals surface area (Å²) in [4.78, 5) is 0. The molecule has 0 unspecified atom stereocenters. The molecule has 0 saturated heterocycles. The van der Waals surface area contributed by atoms with Crippen LogP contribution in [0.3, 0.4) is 0 Å². The van der Waals surface area contributed by atoms with E-state index in [9.17, 15) is 5.11 Å². The fraction of sp³-hybridized carbons (Fsp3) is 0.467. The van der Waals surface area contributed by atoms with Crippen molar-refractivity contribution in [2.75, 3.05) is 6.61 Å². The van der Waals surface area contributed by atoms with Crippen LogP contribution in [0.5, 0.6) is 0 Å². The fourth-order valence-electron chi connectivity index (χ4n) is 1.69. The summed E-state index contributed by atoms with van der Waals surface area (Å²) in [6.07, 6.45) is 1.39. The molecule has 0 radical (unpaired) electrons. The van der Waals surface area contributed by atoms with Gasteiger partial charge in [0.1, 0.15) is 0 Å². The third-order valence-electron chi connectivity index (χ3n) is 2.99. The van der Waals surface area contributed by atoms with E-state index in [0.29, 0.717) is 13.2 Å². The van der Waals surface area contributed by atoms with Crippen LogP contribution >= 0.6 is 0 Å². The Hall–Kier alpha value is -1.12. The predicted octanol–water partition coefficient (Wildman–Crippen LogP) is 3.02. The summed E-state index contributed by atoms with van der Waals surface area (Å²) >= 11 is 0. The molecular formula is C15H22O2. The Balaban J connectivity index is 2.29. The number of aliphatic hydroxyl groups is 1. The topological polar surface area (TPSA) is 29.5 Å². The minimum atomic E-state index is -0.386. The number of hydrogen-bond donors (Lipinski definition) is 1. The van der Waals surface area contributed by atoms with Crippen molar-refractivity contribution in [3.8, 4) is 0 Å². The van der Waals surface area contributed by atoms with Crippen molar-refractivity contribution in [2.24, 2.45) is 11.8 Å². The lowest BCUT2D eigenvalue weighted by Gasteiger charge is -2.22. The van der Waals surface area contributed by atoms with E-state index < -0.39 is 0 Å². The lowest BCUT2D eigenvalue weighted by atomic mass is 9.94. The molecule has 1 N–H and O–H groups in total. The molecule has 1 aromatic carbocycles. The van der Waals surface area contributed by atoms with Crippen LogP contribution in [-0.2, 0) is 11.3 Å². The molecule has 0 saturated carbocycles. The van der Waals surface area contributed by atoms with Crippen LogP contribution < -0.4 is 0 Å². The van der Waals surface area contributed by atoms with Crippen LogP contribution in [0.2, 0.25) is 0 Å². The molecule has 0 bridgehead atoms. The fourth-order valence-corrected chi connectivity index (χ4v) is 1.69. The second-order valence-corrected chi connectivity index (χ2v) is 4.56. The average molecular weight is 234 g/mol. The molecular weight excluding hydrogens is 212 g/mol. The molecule has 1 rings (SSSR count). The minimum absolute atomic E-state index is 0.102. The summed E-state index contributed by atoms with van der Waals surface area (Å²) in [6.45, 7) is 8.81. The van der Waals surface area contributed by atoms with Crippen LogP contribution in [0.25, 0.3) is 0 Å². The molecule has 2 heteroatoms. The van der Waals surface area contributed by atoms with Gasteiger partial charge in [0.15, 0.2) is 0 Å². The maximum Gasteiger partial charge on any atom is 0.0717 e. The number of ether oxygens (including phenoxy) is 1. The van der Waals surface area contributed by atoms with Crippen molar-refractivity contribution in [1.29, 1.82) is 0 Å². The average Bonchev–Trinajstić information content (AvgIpc) is 2.38. The van der Waals surface area contributed by atoms with E-state index in [1.165, 1.54) is 0 Å². The van der Waals surface area contributed by atoms with Gasteiger partial charge in [-0.1, -0.05) is 50.3 Å². The van der Waals surface area contributed by atoms with Gasteiger partial charge in [0.05, 0.1) is 19.3 Å². The van der Waals surface area contributed by atoms with Crippen LogP contribution in [-0.4, -0.2) is 17.8 Å². The highest BCUT2D eigenvalue weighted by molar-refractivity contribution is 5.13. The molecule has 0 amide bonds. The number of hydrogen-bond acceptors (Lipinski definition) is 2. The first-order valence-corrected chi connectivity index (χ1v) is 6.07. The van der Waals surface area contributed by atoms with Crippen LogP contribution in [0, 0.1) is 11.8 Å². The maximum absolute atomic E-state index is 9.93. The third kappa shape index (κ3) is 4.72. The molecule has 0 fully saturated rings. The summed E-state index contributed by atoms with van der Waals surface area (Å²) in [6, 6.07) is 10.1. The largest absolute Gasteiger partial charge is 0.392 e. The van der Waals surface area contributed by atoms with Gasteiger partial charge >= 0.3 is 0 Å². The lowest BCUT2D eigenvalue weighted by Crippen LogP contribution is -2.27. The van der Waals surface area contributed by atoms with E-state index in [-0.39, 0.29) is 17.9 Å². The minimum Gasteiger partial charge on any atom is -0.392 e. The van der Waals surface area contributed by atoms with Crippen molar-refractivity contribution in [3.05, 3.63) is 48.6 Å². The van der Waals surface area contributed by atoms with Gasteiger partial charge in [-0.3, -0.25) is 0 Å². The molecule has 94 valence electrons. The Morgan fingerprint density at radius 2 is 1.94 bits per heavy atom. The van der Waals surface area contributed by atoms with Crippen molar-refractivity contribution in [1.82, 2.24) is 0 Å².